The van der Waals surface area contributed by atoms with E-state index >= 15 is 0 Å². The van der Waals surface area contributed by atoms with Crippen molar-refractivity contribution in [2.45, 2.75) is 27.3 Å². The summed E-state index contributed by atoms with van der Waals surface area (Å²) in [5.41, 5.74) is 0.114. The molecule has 1 saturated heterocycles. The van der Waals surface area contributed by atoms with Crippen molar-refractivity contribution in [1.29, 1.82) is 0 Å². The van der Waals surface area contributed by atoms with E-state index in [0.29, 0.717) is 25.5 Å². The maximum absolute atomic E-state index is 14.3. The van der Waals surface area contributed by atoms with Crippen molar-refractivity contribution < 1.29 is 23.4 Å². The molecule has 0 aliphatic carbocycles. The summed E-state index contributed by atoms with van der Waals surface area (Å²) in [4.78, 5) is 27.1. The number of morpholine rings is 1. The zero-order valence-corrected chi connectivity index (χ0v) is 18.7. The summed E-state index contributed by atoms with van der Waals surface area (Å²) >= 11 is 0. The molecule has 0 atom stereocenters. The van der Waals surface area contributed by atoms with Crippen LogP contribution in [0.15, 0.2) is 33.5 Å². The molecule has 3 aromatic rings. The molecule has 172 valence electrons. The fourth-order valence-corrected chi connectivity index (χ4v) is 3.60. The number of hydrogen-bond acceptors (Lipinski definition) is 6. The molecule has 2 aromatic heterocycles. The number of benzene rings is 1. The number of nitrogens with zero attached hydrogens (tertiary/aromatic N) is 2. The van der Waals surface area contributed by atoms with Crippen LogP contribution in [-0.2, 0) is 18.3 Å². The van der Waals surface area contributed by atoms with E-state index in [2.05, 4.69) is 10.2 Å². The number of rotatable bonds is 5. The van der Waals surface area contributed by atoms with Crippen LogP contribution in [0, 0.1) is 12.7 Å². The van der Waals surface area contributed by atoms with Gasteiger partial charge in [0.1, 0.15) is 23.0 Å². The maximum atomic E-state index is 14.3. The predicted molar refractivity (Wildman–Crippen MR) is 120 cm³/mol. The summed E-state index contributed by atoms with van der Waals surface area (Å²) in [5.74, 6) is -1.38. The molecule has 0 bridgehead atoms. The van der Waals surface area contributed by atoms with Crippen LogP contribution < -0.4 is 10.9 Å². The summed E-state index contributed by atoms with van der Waals surface area (Å²) in [7, 11) is 1.44. The summed E-state index contributed by atoms with van der Waals surface area (Å²) in [6.45, 7) is 8.85. The van der Waals surface area contributed by atoms with Gasteiger partial charge in [-0.3, -0.25) is 14.3 Å². The van der Waals surface area contributed by atoms with Crippen molar-refractivity contribution in [3.05, 3.63) is 57.3 Å². The van der Waals surface area contributed by atoms with Gasteiger partial charge < -0.3 is 19.6 Å². The predicted octanol–water partition coefficient (Wildman–Crippen LogP) is 3.88. The Morgan fingerprint density at radius 3 is 2.53 bits per heavy atom. The van der Waals surface area contributed by atoms with Crippen LogP contribution in [0.4, 0.5) is 15.9 Å². The van der Waals surface area contributed by atoms with Gasteiger partial charge in [0.2, 0.25) is 0 Å². The van der Waals surface area contributed by atoms with Gasteiger partial charge in [-0.1, -0.05) is 19.9 Å². The van der Waals surface area contributed by atoms with Crippen molar-refractivity contribution in [2.24, 2.45) is 7.05 Å². The van der Waals surface area contributed by atoms with Gasteiger partial charge in [-0.2, -0.15) is 0 Å². The van der Waals surface area contributed by atoms with Gasteiger partial charge in [0.15, 0.2) is 5.58 Å². The number of hydrogen-bond donors (Lipinski definition) is 2. The number of carboxylic acids is 1. The highest BCUT2D eigenvalue weighted by Gasteiger charge is 2.25. The third-order valence-corrected chi connectivity index (χ3v) is 5.19. The minimum atomic E-state index is -1.28. The van der Waals surface area contributed by atoms with Crippen LogP contribution in [0.2, 0.25) is 0 Å². The van der Waals surface area contributed by atoms with Crippen molar-refractivity contribution in [1.82, 2.24) is 9.47 Å². The summed E-state index contributed by atoms with van der Waals surface area (Å²) in [6, 6.07) is 6.09. The molecule has 4 rings (SSSR count). The molecular formula is C23H28FN3O5. The minimum absolute atomic E-state index is 0.0242. The van der Waals surface area contributed by atoms with E-state index in [1.54, 1.807) is 19.1 Å². The summed E-state index contributed by atoms with van der Waals surface area (Å²) in [5, 5.41) is 12.8. The van der Waals surface area contributed by atoms with Gasteiger partial charge in [-0.25, -0.2) is 9.18 Å². The Morgan fingerprint density at radius 2 is 1.91 bits per heavy atom. The average molecular weight is 445 g/mol. The van der Waals surface area contributed by atoms with Gasteiger partial charge >= 0.3 is 5.97 Å². The molecule has 1 aliphatic rings. The van der Waals surface area contributed by atoms with Crippen LogP contribution in [0.25, 0.3) is 11.0 Å². The lowest BCUT2D eigenvalue weighted by Gasteiger charge is -2.25. The largest absolute Gasteiger partial charge is 0.477 e. The van der Waals surface area contributed by atoms with Crippen molar-refractivity contribution in [2.75, 3.05) is 31.6 Å². The third-order valence-electron chi connectivity index (χ3n) is 5.19. The highest BCUT2D eigenvalue weighted by atomic mass is 19.1. The fraction of sp³-hybridized carbons (Fsp3) is 0.391. The molecule has 2 N–H and O–H groups in total. The Hall–Kier alpha value is -3.17. The number of pyridine rings is 1. The zero-order valence-electron chi connectivity index (χ0n) is 18.7. The Kier molecular flexibility index (Phi) is 7.32. The molecule has 0 spiro atoms. The summed E-state index contributed by atoms with van der Waals surface area (Å²) in [6.07, 6.45) is 0. The number of aryl methyl sites for hydroxylation is 1. The van der Waals surface area contributed by atoms with E-state index in [4.69, 9.17) is 9.15 Å². The minimum Gasteiger partial charge on any atom is -0.477 e. The van der Waals surface area contributed by atoms with Crippen LogP contribution in [0.1, 0.15) is 35.5 Å². The smallest absolute Gasteiger partial charge is 0.343 e. The van der Waals surface area contributed by atoms with E-state index in [0.717, 1.165) is 18.7 Å². The third kappa shape index (κ3) is 4.68. The summed E-state index contributed by atoms with van der Waals surface area (Å²) < 4.78 is 26.7. The normalized spacial score (nSPS) is 14.2. The van der Waals surface area contributed by atoms with Crippen molar-refractivity contribution >= 4 is 28.4 Å². The standard InChI is InChI=1S/C21H22FN3O5.C2H6/c1-12-3-4-16(15(22)9-12)23-19-17(21(27)28)18-14(20(26)24(19)2)10-13(30-18)11-25-5-7-29-8-6-25;1-2/h3-4,9-10,23H,5-8,11H2,1-2H3,(H,27,28);1-2H3. The molecule has 0 saturated carbocycles. The number of fused-ring (bicyclic) bond motifs is 1. The molecule has 32 heavy (non-hydrogen) atoms. The maximum Gasteiger partial charge on any atom is 0.343 e. The lowest BCUT2D eigenvalue weighted by atomic mass is 10.1. The fourth-order valence-electron chi connectivity index (χ4n) is 3.60. The average Bonchev–Trinajstić information content (AvgIpc) is 3.18. The molecule has 1 aromatic carbocycles. The van der Waals surface area contributed by atoms with E-state index in [9.17, 15) is 19.1 Å². The molecule has 1 fully saturated rings. The van der Waals surface area contributed by atoms with Crippen LogP contribution in [0.3, 0.4) is 0 Å². The van der Waals surface area contributed by atoms with E-state index in [1.165, 1.54) is 23.7 Å². The first kappa shape index (κ1) is 23.5. The van der Waals surface area contributed by atoms with E-state index in [-0.39, 0.29) is 28.0 Å². The number of carbonyl (C=O) groups is 1. The number of aromatic nitrogens is 1. The highest BCUT2D eigenvalue weighted by molar-refractivity contribution is 6.06. The first-order valence-corrected chi connectivity index (χ1v) is 10.6. The number of furan rings is 1. The Morgan fingerprint density at radius 1 is 1.22 bits per heavy atom. The quantitative estimate of drug-likeness (QED) is 0.615. The van der Waals surface area contributed by atoms with Gasteiger partial charge in [0.25, 0.3) is 5.56 Å². The van der Waals surface area contributed by atoms with Gasteiger partial charge in [-0.05, 0) is 30.7 Å². The molecule has 8 nitrogen and oxygen atoms in total. The lowest BCUT2D eigenvalue weighted by molar-refractivity contribution is 0.0315. The second-order valence-electron chi connectivity index (χ2n) is 7.35. The number of anilines is 2. The van der Waals surface area contributed by atoms with Crippen molar-refractivity contribution in [3.63, 3.8) is 0 Å². The second kappa shape index (κ2) is 9.97. The van der Waals surface area contributed by atoms with E-state index < -0.39 is 17.3 Å². The topological polar surface area (TPSA) is 96.9 Å². The monoisotopic (exact) mass is 445 g/mol. The van der Waals surface area contributed by atoms with Crippen LogP contribution in [-0.4, -0.2) is 46.8 Å². The lowest BCUT2D eigenvalue weighted by Crippen LogP contribution is -2.35. The highest BCUT2D eigenvalue weighted by Crippen LogP contribution is 2.30. The number of nitrogens with one attached hydrogen (secondary N) is 1. The van der Waals surface area contributed by atoms with Crippen LogP contribution in [0.5, 0.6) is 0 Å². The van der Waals surface area contributed by atoms with Gasteiger partial charge in [0, 0.05) is 20.1 Å². The molecular weight excluding hydrogens is 417 g/mol. The van der Waals surface area contributed by atoms with Gasteiger partial charge in [-0.15, -0.1) is 0 Å². The second-order valence-corrected chi connectivity index (χ2v) is 7.35. The SMILES string of the molecule is CC.Cc1ccc(Nc2c(C(=O)O)c3oc(CN4CCOCC4)cc3c(=O)n2C)c(F)c1. The molecule has 0 amide bonds. The van der Waals surface area contributed by atoms with Crippen molar-refractivity contribution in [3.8, 4) is 0 Å². The molecule has 0 unspecified atom stereocenters. The molecule has 9 heteroatoms. The number of ether oxygens (including phenoxy) is 1. The Bertz CT molecular complexity index is 1180. The molecule has 1 aliphatic heterocycles. The van der Waals surface area contributed by atoms with E-state index in [1.807, 2.05) is 13.8 Å². The van der Waals surface area contributed by atoms with Crippen LogP contribution >= 0.6 is 0 Å². The number of carboxylic acid groups (broad SMARTS) is 1. The number of aromatic carboxylic acids is 1. The Balaban J connectivity index is 0.00000141. The zero-order chi connectivity index (χ0) is 23.4. The Labute approximate surface area is 185 Å². The molecule has 3 heterocycles. The van der Waals surface area contributed by atoms with Gasteiger partial charge in [0.05, 0.1) is 30.8 Å². The first-order valence-electron chi connectivity index (χ1n) is 10.6. The first-order chi connectivity index (χ1) is 15.3. The number of halogens is 1. The molecule has 0 radical (unpaired) electrons.